The van der Waals surface area contributed by atoms with Crippen molar-refractivity contribution in [3.05, 3.63) is 63.6 Å². The van der Waals surface area contributed by atoms with Crippen molar-refractivity contribution < 1.29 is 14.3 Å². The molecule has 7 heteroatoms. The second-order valence-electron chi connectivity index (χ2n) is 5.98. The summed E-state index contributed by atoms with van der Waals surface area (Å²) in [5, 5.41) is 3.59. The number of benzene rings is 2. The van der Waals surface area contributed by atoms with Crippen LogP contribution in [-0.2, 0) is 16.0 Å². The Morgan fingerprint density at radius 1 is 1.00 bits per heavy atom. The maximum atomic E-state index is 12.3. The number of nitrogens with one attached hydrogen (secondary N) is 1. The highest BCUT2D eigenvalue weighted by atomic mass is 35.5. The number of carbonyl (C=O) groups excluding carboxylic acids is 2. The minimum atomic E-state index is -0.299. The summed E-state index contributed by atoms with van der Waals surface area (Å²) in [5.41, 5.74) is 1.91. The van der Waals surface area contributed by atoms with E-state index >= 15 is 0 Å². The molecule has 1 heterocycles. The van der Waals surface area contributed by atoms with Gasteiger partial charge >= 0.3 is 0 Å². The smallest absolute Gasteiger partial charge is 0.255 e. The fraction of sp³-hybridized carbons (Fsp3) is 0.263. The van der Waals surface area contributed by atoms with Crippen LogP contribution in [0.3, 0.4) is 0 Å². The average molecular weight is 393 g/mol. The molecule has 26 heavy (non-hydrogen) atoms. The Morgan fingerprint density at radius 2 is 1.62 bits per heavy atom. The zero-order valence-electron chi connectivity index (χ0n) is 14.0. The fourth-order valence-electron chi connectivity index (χ4n) is 2.69. The highest BCUT2D eigenvalue weighted by Gasteiger charge is 2.17. The lowest BCUT2D eigenvalue weighted by Gasteiger charge is -2.26. The van der Waals surface area contributed by atoms with E-state index in [4.69, 9.17) is 27.9 Å². The van der Waals surface area contributed by atoms with Gasteiger partial charge in [-0.1, -0.05) is 35.3 Å². The van der Waals surface area contributed by atoms with Crippen LogP contribution in [0.5, 0.6) is 0 Å². The van der Waals surface area contributed by atoms with E-state index < -0.39 is 0 Å². The van der Waals surface area contributed by atoms with Gasteiger partial charge in [0.25, 0.3) is 5.91 Å². The molecule has 1 aliphatic heterocycles. The van der Waals surface area contributed by atoms with Crippen molar-refractivity contribution >= 4 is 40.7 Å². The van der Waals surface area contributed by atoms with E-state index in [1.54, 1.807) is 30.3 Å². The van der Waals surface area contributed by atoms with Crippen LogP contribution in [0.4, 0.5) is 5.69 Å². The van der Waals surface area contributed by atoms with Gasteiger partial charge in [-0.3, -0.25) is 9.59 Å². The van der Waals surface area contributed by atoms with Crippen LogP contribution in [0, 0.1) is 0 Å². The summed E-state index contributed by atoms with van der Waals surface area (Å²) >= 11 is 11.8. The Bertz CT molecular complexity index is 783. The van der Waals surface area contributed by atoms with Crippen LogP contribution in [0.25, 0.3) is 0 Å². The Hall–Kier alpha value is -2.08. The molecule has 1 N–H and O–H groups in total. The molecule has 2 aromatic rings. The van der Waals surface area contributed by atoms with Crippen molar-refractivity contribution in [3.63, 3.8) is 0 Å². The molecule has 3 rings (SSSR count). The lowest BCUT2D eigenvalue weighted by atomic mass is 10.1. The summed E-state index contributed by atoms with van der Waals surface area (Å²) in [6.45, 7) is 2.44. The molecular weight excluding hydrogens is 375 g/mol. The number of hydrogen-bond acceptors (Lipinski definition) is 3. The molecule has 136 valence electrons. The maximum absolute atomic E-state index is 12.3. The number of morpholine rings is 1. The van der Waals surface area contributed by atoms with Crippen LogP contribution in [0.1, 0.15) is 15.9 Å². The number of ether oxygens (including phenoxy) is 1. The van der Waals surface area contributed by atoms with Crippen LogP contribution in [0.2, 0.25) is 10.0 Å². The van der Waals surface area contributed by atoms with Gasteiger partial charge in [-0.05, 0) is 35.9 Å². The van der Waals surface area contributed by atoms with Gasteiger partial charge in [0.2, 0.25) is 5.91 Å². The van der Waals surface area contributed by atoms with Gasteiger partial charge in [-0.2, -0.15) is 0 Å². The number of amides is 2. The molecule has 1 aliphatic rings. The van der Waals surface area contributed by atoms with E-state index in [0.29, 0.717) is 54.0 Å². The summed E-state index contributed by atoms with van der Waals surface area (Å²) in [6.07, 6.45) is 0.331. The normalized spacial score (nSPS) is 14.2. The van der Waals surface area contributed by atoms with E-state index in [9.17, 15) is 9.59 Å². The molecule has 0 unspecified atom stereocenters. The molecule has 0 aromatic heterocycles. The first kappa shape index (κ1) is 18.7. The molecule has 2 aromatic carbocycles. The number of hydrogen-bond donors (Lipinski definition) is 1. The number of rotatable bonds is 4. The quantitative estimate of drug-likeness (QED) is 0.863. The van der Waals surface area contributed by atoms with Crippen LogP contribution < -0.4 is 5.32 Å². The predicted molar refractivity (Wildman–Crippen MR) is 102 cm³/mol. The topological polar surface area (TPSA) is 58.6 Å². The molecule has 2 amide bonds. The van der Waals surface area contributed by atoms with Gasteiger partial charge in [0, 0.05) is 34.4 Å². The van der Waals surface area contributed by atoms with Gasteiger partial charge in [-0.15, -0.1) is 0 Å². The van der Waals surface area contributed by atoms with Crippen LogP contribution in [-0.4, -0.2) is 43.0 Å². The third kappa shape index (κ3) is 4.97. The SMILES string of the molecule is O=C(Nc1ccc(CC(=O)N2CCOCC2)cc1)c1cc(Cl)cc(Cl)c1. The third-order valence-electron chi connectivity index (χ3n) is 4.06. The highest BCUT2D eigenvalue weighted by Crippen LogP contribution is 2.20. The largest absolute Gasteiger partial charge is 0.378 e. The van der Waals surface area contributed by atoms with Crippen molar-refractivity contribution in [1.82, 2.24) is 4.90 Å². The molecular formula is C19H18Cl2N2O3. The number of nitrogens with zero attached hydrogens (tertiary/aromatic N) is 1. The highest BCUT2D eigenvalue weighted by molar-refractivity contribution is 6.35. The second kappa shape index (κ2) is 8.54. The van der Waals surface area contributed by atoms with E-state index in [-0.39, 0.29) is 11.8 Å². The van der Waals surface area contributed by atoms with E-state index in [0.717, 1.165) is 5.56 Å². The minimum absolute atomic E-state index is 0.0821. The Labute approximate surface area is 161 Å². The monoisotopic (exact) mass is 392 g/mol. The van der Waals surface area contributed by atoms with Crippen LogP contribution >= 0.6 is 23.2 Å². The van der Waals surface area contributed by atoms with Crippen molar-refractivity contribution in [1.29, 1.82) is 0 Å². The summed E-state index contributed by atoms with van der Waals surface area (Å²) < 4.78 is 5.25. The lowest BCUT2D eigenvalue weighted by molar-refractivity contribution is -0.134. The molecule has 0 radical (unpaired) electrons. The molecule has 0 saturated carbocycles. The molecule has 1 fully saturated rings. The lowest BCUT2D eigenvalue weighted by Crippen LogP contribution is -2.41. The first-order valence-corrected chi connectivity index (χ1v) is 8.99. The van der Waals surface area contributed by atoms with Gasteiger partial charge < -0.3 is 15.0 Å². The third-order valence-corrected chi connectivity index (χ3v) is 4.49. The van der Waals surface area contributed by atoms with Crippen molar-refractivity contribution in [2.75, 3.05) is 31.6 Å². The van der Waals surface area contributed by atoms with Gasteiger partial charge in [-0.25, -0.2) is 0 Å². The molecule has 0 aliphatic carbocycles. The van der Waals surface area contributed by atoms with E-state index in [1.165, 1.54) is 0 Å². The first-order chi connectivity index (χ1) is 12.5. The van der Waals surface area contributed by atoms with E-state index in [1.807, 2.05) is 17.0 Å². The van der Waals surface area contributed by atoms with Crippen molar-refractivity contribution in [3.8, 4) is 0 Å². The zero-order valence-corrected chi connectivity index (χ0v) is 15.5. The van der Waals surface area contributed by atoms with Gasteiger partial charge in [0.15, 0.2) is 0 Å². The van der Waals surface area contributed by atoms with Crippen molar-refractivity contribution in [2.24, 2.45) is 0 Å². The van der Waals surface area contributed by atoms with Crippen LogP contribution in [0.15, 0.2) is 42.5 Å². The average Bonchev–Trinajstić information content (AvgIpc) is 2.63. The second-order valence-corrected chi connectivity index (χ2v) is 6.85. The maximum Gasteiger partial charge on any atom is 0.255 e. The fourth-order valence-corrected chi connectivity index (χ4v) is 3.22. The summed E-state index contributed by atoms with van der Waals surface area (Å²) in [4.78, 5) is 26.3. The summed E-state index contributed by atoms with van der Waals surface area (Å²) in [6, 6.07) is 11.9. The molecule has 0 spiro atoms. The predicted octanol–water partition coefficient (Wildman–Crippen LogP) is 3.65. The molecule has 0 bridgehead atoms. The van der Waals surface area contributed by atoms with E-state index in [2.05, 4.69) is 5.32 Å². The standard InChI is InChI=1S/C19H18Cl2N2O3/c20-15-10-14(11-16(21)12-15)19(25)22-17-3-1-13(2-4-17)9-18(24)23-5-7-26-8-6-23/h1-4,10-12H,5-9H2,(H,22,25). The minimum Gasteiger partial charge on any atom is -0.378 e. The van der Waals surface area contributed by atoms with Gasteiger partial charge in [0.05, 0.1) is 19.6 Å². The first-order valence-electron chi connectivity index (χ1n) is 8.23. The number of anilines is 1. The summed E-state index contributed by atoms with van der Waals surface area (Å²) in [5.74, 6) is -0.217. The number of halogens is 2. The molecule has 0 atom stereocenters. The number of carbonyl (C=O) groups is 2. The van der Waals surface area contributed by atoms with Gasteiger partial charge in [0.1, 0.15) is 0 Å². The summed E-state index contributed by atoms with van der Waals surface area (Å²) in [7, 11) is 0. The Morgan fingerprint density at radius 3 is 2.23 bits per heavy atom. The Kier molecular flexibility index (Phi) is 6.14. The molecule has 5 nitrogen and oxygen atoms in total. The zero-order chi connectivity index (χ0) is 18.5. The van der Waals surface area contributed by atoms with Crippen molar-refractivity contribution in [2.45, 2.75) is 6.42 Å². The molecule has 1 saturated heterocycles. The Balaban J connectivity index is 1.60.